The molecule has 2 rings (SSSR count). The topological polar surface area (TPSA) is 71.8 Å². The first kappa shape index (κ1) is 11.7. The molecule has 1 N–H and O–H groups in total. The molecule has 0 atom stereocenters. The van der Waals surface area contributed by atoms with Crippen LogP contribution >= 0.6 is 0 Å². The molecule has 1 aliphatic heterocycles. The fraction of sp³-hybridized carbons (Fsp3) is 0.455. The molecule has 1 amide bonds. The lowest BCUT2D eigenvalue weighted by molar-refractivity contribution is -0.135. The van der Waals surface area contributed by atoms with E-state index in [2.05, 4.69) is 0 Å². The van der Waals surface area contributed by atoms with Gasteiger partial charge >= 0.3 is 5.97 Å². The van der Waals surface area contributed by atoms with E-state index in [1.54, 1.807) is 17.2 Å². The van der Waals surface area contributed by atoms with Crippen LogP contribution in [0.15, 0.2) is 18.3 Å². The largest absolute Gasteiger partial charge is 0.477 e. The van der Waals surface area contributed by atoms with Crippen molar-refractivity contribution < 1.29 is 19.4 Å². The number of carbonyl (C=O) groups is 2. The Hall–Kier alpha value is -1.82. The van der Waals surface area contributed by atoms with Gasteiger partial charge in [0.15, 0.2) is 0 Å². The number of amides is 1. The van der Waals surface area contributed by atoms with E-state index < -0.39 is 5.97 Å². The Labute approximate surface area is 98.4 Å². The van der Waals surface area contributed by atoms with Gasteiger partial charge in [0.2, 0.25) is 5.91 Å². The van der Waals surface area contributed by atoms with Crippen molar-refractivity contribution in [3.8, 4) is 0 Å². The van der Waals surface area contributed by atoms with Crippen LogP contribution in [-0.4, -0.2) is 52.8 Å². The normalized spacial score (nSPS) is 15.9. The van der Waals surface area contributed by atoms with Crippen molar-refractivity contribution in [3.63, 3.8) is 0 Å². The van der Waals surface area contributed by atoms with Crippen molar-refractivity contribution in [3.05, 3.63) is 24.0 Å². The number of carboxylic acids is 1. The number of nitrogens with zero attached hydrogens (tertiary/aromatic N) is 2. The lowest BCUT2D eigenvalue weighted by Crippen LogP contribution is -2.42. The highest BCUT2D eigenvalue weighted by Gasteiger charge is 2.18. The average molecular weight is 238 g/mol. The Morgan fingerprint density at radius 1 is 1.35 bits per heavy atom. The van der Waals surface area contributed by atoms with E-state index in [9.17, 15) is 9.59 Å². The van der Waals surface area contributed by atoms with E-state index >= 15 is 0 Å². The summed E-state index contributed by atoms with van der Waals surface area (Å²) in [5.41, 5.74) is 0.131. The zero-order chi connectivity index (χ0) is 12.3. The molecule has 6 nitrogen and oxygen atoms in total. The van der Waals surface area contributed by atoms with Gasteiger partial charge < -0.3 is 19.3 Å². The molecule has 0 aliphatic carbocycles. The molecule has 6 heteroatoms. The molecule has 0 aromatic carbocycles. The number of hydrogen-bond donors (Lipinski definition) is 1. The minimum atomic E-state index is -1.02. The molecule has 1 aliphatic rings. The summed E-state index contributed by atoms with van der Waals surface area (Å²) in [7, 11) is 0. The Kier molecular flexibility index (Phi) is 3.43. The van der Waals surface area contributed by atoms with Crippen molar-refractivity contribution in [2.24, 2.45) is 0 Å². The Bertz CT molecular complexity index is 421. The summed E-state index contributed by atoms with van der Waals surface area (Å²) in [5.74, 6) is -1.10. The Morgan fingerprint density at radius 2 is 2.06 bits per heavy atom. The van der Waals surface area contributed by atoms with Crippen molar-refractivity contribution in [1.82, 2.24) is 9.47 Å². The molecule has 1 aromatic heterocycles. The molecule has 0 spiro atoms. The van der Waals surface area contributed by atoms with E-state index in [1.165, 1.54) is 10.6 Å². The van der Waals surface area contributed by atoms with Crippen LogP contribution in [-0.2, 0) is 16.1 Å². The number of rotatable bonds is 3. The van der Waals surface area contributed by atoms with Crippen molar-refractivity contribution in [2.45, 2.75) is 6.54 Å². The van der Waals surface area contributed by atoms with Crippen molar-refractivity contribution >= 4 is 11.9 Å². The van der Waals surface area contributed by atoms with Crippen LogP contribution in [0.3, 0.4) is 0 Å². The van der Waals surface area contributed by atoms with E-state index in [-0.39, 0.29) is 18.1 Å². The fourth-order valence-electron chi connectivity index (χ4n) is 1.80. The smallest absolute Gasteiger partial charge is 0.352 e. The summed E-state index contributed by atoms with van der Waals surface area (Å²) in [6, 6.07) is 3.10. The zero-order valence-electron chi connectivity index (χ0n) is 9.33. The predicted molar refractivity (Wildman–Crippen MR) is 58.8 cm³/mol. The number of ether oxygens (including phenoxy) is 1. The van der Waals surface area contributed by atoms with Gasteiger partial charge in [-0.2, -0.15) is 0 Å². The molecule has 1 fully saturated rings. The highest BCUT2D eigenvalue weighted by atomic mass is 16.5. The number of aromatic nitrogens is 1. The van der Waals surface area contributed by atoms with Crippen LogP contribution in [0.5, 0.6) is 0 Å². The zero-order valence-corrected chi connectivity index (χ0v) is 9.33. The maximum atomic E-state index is 11.9. The highest BCUT2D eigenvalue weighted by molar-refractivity contribution is 5.86. The fourth-order valence-corrected chi connectivity index (χ4v) is 1.80. The number of morpholine rings is 1. The molecule has 0 bridgehead atoms. The SMILES string of the molecule is O=C(O)c1cccn1CC(=O)N1CCOCC1. The first-order valence-electron chi connectivity index (χ1n) is 5.42. The number of carboxylic acid groups (broad SMARTS) is 1. The maximum absolute atomic E-state index is 11.9. The molecular weight excluding hydrogens is 224 g/mol. The second-order valence-electron chi connectivity index (χ2n) is 3.82. The van der Waals surface area contributed by atoms with Crippen LogP contribution in [0.2, 0.25) is 0 Å². The molecule has 0 saturated carbocycles. The van der Waals surface area contributed by atoms with Gasteiger partial charge in [-0.3, -0.25) is 4.79 Å². The molecule has 1 aromatic rings. The summed E-state index contributed by atoms with van der Waals surface area (Å²) in [4.78, 5) is 24.5. The molecular formula is C11H14N2O4. The third-order valence-electron chi connectivity index (χ3n) is 2.72. The van der Waals surface area contributed by atoms with Gasteiger partial charge in [-0.1, -0.05) is 0 Å². The van der Waals surface area contributed by atoms with Crippen LogP contribution in [0.1, 0.15) is 10.5 Å². The number of hydrogen-bond acceptors (Lipinski definition) is 3. The average Bonchev–Trinajstić information content (AvgIpc) is 2.78. The van der Waals surface area contributed by atoms with Gasteiger partial charge in [-0.15, -0.1) is 0 Å². The number of carbonyl (C=O) groups excluding carboxylic acids is 1. The molecule has 1 saturated heterocycles. The van der Waals surface area contributed by atoms with E-state index in [1.807, 2.05) is 0 Å². The van der Waals surface area contributed by atoms with Gasteiger partial charge in [0, 0.05) is 19.3 Å². The summed E-state index contributed by atoms with van der Waals surface area (Å²) < 4.78 is 6.60. The Morgan fingerprint density at radius 3 is 2.71 bits per heavy atom. The summed E-state index contributed by atoms with van der Waals surface area (Å²) in [5, 5.41) is 8.91. The van der Waals surface area contributed by atoms with E-state index in [0.717, 1.165) is 0 Å². The van der Waals surface area contributed by atoms with Gasteiger partial charge in [0.25, 0.3) is 0 Å². The van der Waals surface area contributed by atoms with Gasteiger partial charge in [0.1, 0.15) is 12.2 Å². The van der Waals surface area contributed by atoms with E-state index in [0.29, 0.717) is 26.3 Å². The second-order valence-corrected chi connectivity index (χ2v) is 3.82. The number of aromatic carboxylic acids is 1. The first-order chi connectivity index (χ1) is 8.18. The lowest BCUT2D eigenvalue weighted by Gasteiger charge is -2.27. The monoisotopic (exact) mass is 238 g/mol. The molecule has 92 valence electrons. The summed E-state index contributed by atoms with van der Waals surface area (Å²) >= 11 is 0. The van der Waals surface area contributed by atoms with Gasteiger partial charge in [0.05, 0.1) is 13.2 Å². The molecule has 17 heavy (non-hydrogen) atoms. The third-order valence-corrected chi connectivity index (χ3v) is 2.72. The van der Waals surface area contributed by atoms with Crippen LogP contribution < -0.4 is 0 Å². The van der Waals surface area contributed by atoms with Gasteiger partial charge in [-0.05, 0) is 12.1 Å². The van der Waals surface area contributed by atoms with Crippen LogP contribution in [0, 0.1) is 0 Å². The van der Waals surface area contributed by atoms with Gasteiger partial charge in [-0.25, -0.2) is 4.79 Å². The summed E-state index contributed by atoms with van der Waals surface area (Å²) in [6.07, 6.45) is 1.60. The van der Waals surface area contributed by atoms with Crippen LogP contribution in [0.25, 0.3) is 0 Å². The highest BCUT2D eigenvalue weighted by Crippen LogP contribution is 2.05. The lowest BCUT2D eigenvalue weighted by atomic mass is 10.4. The van der Waals surface area contributed by atoms with Crippen LogP contribution in [0.4, 0.5) is 0 Å². The van der Waals surface area contributed by atoms with Crippen molar-refractivity contribution in [1.29, 1.82) is 0 Å². The second kappa shape index (κ2) is 5.01. The minimum absolute atomic E-state index is 0.0641. The quantitative estimate of drug-likeness (QED) is 0.807. The third kappa shape index (κ3) is 2.65. The van der Waals surface area contributed by atoms with Crippen molar-refractivity contribution in [2.75, 3.05) is 26.3 Å². The first-order valence-corrected chi connectivity index (χ1v) is 5.42. The molecule has 0 unspecified atom stereocenters. The minimum Gasteiger partial charge on any atom is -0.477 e. The maximum Gasteiger partial charge on any atom is 0.352 e. The Balaban J connectivity index is 2.02. The molecule has 0 radical (unpaired) electrons. The predicted octanol–water partition coefficient (Wildman–Crippen LogP) is 0.0451. The van der Waals surface area contributed by atoms with E-state index in [4.69, 9.17) is 9.84 Å². The molecule has 2 heterocycles. The summed E-state index contributed by atoms with van der Waals surface area (Å²) in [6.45, 7) is 2.30. The standard InChI is InChI=1S/C11H14N2O4/c14-10(12-4-6-17-7-5-12)8-13-3-1-2-9(13)11(15)16/h1-3H,4-8H2,(H,15,16).